The Labute approximate surface area is 104 Å². The zero-order valence-electron chi connectivity index (χ0n) is 11.4. The number of methoxy groups -OCH3 is 1. The maximum absolute atomic E-state index is 10.3. The molecule has 0 heterocycles. The van der Waals surface area contributed by atoms with Gasteiger partial charge in [-0.3, -0.25) is 0 Å². The predicted octanol–water partition coefficient (Wildman–Crippen LogP) is 3.28. The monoisotopic (exact) mass is 234 g/mol. The van der Waals surface area contributed by atoms with Gasteiger partial charge in [-0.15, -0.1) is 0 Å². The fourth-order valence-electron chi connectivity index (χ4n) is 2.33. The van der Waals surface area contributed by atoms with E-state index in [4.69, 9.17) is 4.74 Å². The van der Waals surface area contributed by atoms with Crippen LogP contribution in [0.3, 0.4) is 0 Å². The molecule has 1 aliphatic rings. The van der Waals surface area contributed by atoms with Gasteiger partial charge >= 0.3 is 0 Å². The minimum Gasteiger partial charge on any atom is -0.496 e. The summed E-state index contributed by atoms with van der Waals surface area (Å²) < 4.78 is 5.46. The second-order valence-corrected chi connectivity index (χ2v) is 6.15. The van der Waals surface area contributed by atoms with Crippen molar-refractivity contribution in [3.63, 3.8) is 0 Å². The molecular formula is C15H22O2. The molecule has 2 heteroatoms. The summed E-state index contributed by atoms with van der Waals surface area (Å²) in [7, 11) is 1.70. The average Bonchev–Trinajstić information content (AvgIpc) is 2.95. The first-order valence-corrected chi connectivity index (χ1v) is 6.20. The number of rotatable bonds is 2. The topological polar surface area (TPSA) is 29.5 Å². The van der Waals surface area contributed by atoms with Crippen LogP contribution in [-0.2, 0) is 11.0 Å². The quantitative estimate of drug-likeness (QED) is 0.851. The number of benzene rings is 1. The Morgan fingerprint density at radius 3 is 2.24 bits per heavy atom. The van der Waals surface area contributed by atoms with Crippen molar-refractivity contribution < 1.29 is 9.84 Å². The molecule has 1 N–H and O–H groups in total. The highest BCUT2D eigenvalue weighted by atomic mass is 16.5. The Hall–Kier alpha value is -1.02. The van der Waals surface area contributed by atoms with E-state index in [1.165, 1.54) is 5.56 Å². The lowest BCUT2D eigenvalue weighted by Gasteiger charge is -2.25. The normalized spacial score (nSPS) is 18.0. The van der Waals surface area contributed by atoms with Crippen molar-refractivity contribution in [1.82, 2.24) is 0 Å². The molecule has 0 spiro atoms. The van der Waals surface area contributed by atoms with Crippen LogP contribution in [0.4, 0.5) is 0 Å². The molecule has 1 saturated carbocycles. The summed E-state index contributed by atoms with van der Waals surface area (Å²) >= 11 is 0. The SMILES string of the molecule is COc1cc(C)c(C2(O)CC2)cc1C(C)(C)C. The molecular weight excluding hydrogens is 212 g/mol. The highest BCUT2D eigenvalue weighted by Gasteiger charge is 2.43. The molecule has 17 heavy (non-hydrogen) atoms. The van der Waals surface area contributed by atoms with E-state index < -0.39 is 5.60 Å². The van der Waals surface area contributed by atoms with Gasteiger partial charge in [0.1, 0.15) is 5.75 Å². The van der Waals surface area contributed by atoms with Gasteiger partial charge in [0.25, 0.3) is 0 Å². The van der Waals surface area contributed by atoms with Gasteiger partial charge in [0, 0.05) is 0 Å². The largest absolute Gasteiger partial charge is 0.496 e. The summed E-state index contributed by atoms with van der Waals surface area (Å²) in [6.07, 6.45) is 1.76. The van der Waals surface area contributed by atoms with Crippen molar-refractivity contribution in [2.75, 3.05) is 7.11 Å². The van der Waals surface area contributed by atoms with Gasteiger partial charge in [-0.05, 0) is 54.0 Å². The van der Waals surface area contributed by atoms with Crippen LogP contribution in [0.25, 0.3) is 0 Å². The molecule has 1 aromatic carbocycles. The van der Waals surface area contributed by atoms with E-state index in [0.717, 1.165) is 29.7 Å². The highest BCUT2D eigenvalue weighted by Crippen LogP contribution is 2.48. The Kier molecular flexibility index (Phi) is 2.74. The first-order valence-electron chi connectivity index (χ1n) is 6.20. The molecule has 0 unspecified atom stereocenters. The van der Waals surface area contributed by atoms with Gasteiger partial charge in [0.2, 0.25) is 0 Å². The number of hydrogen-bond donors (Lipinski definition) is 1. The summed E-state index contributed by atoms with van der Waals surface area (Å²) in [4.78, 5) is 0. The van der Waals surface area contributed by atoms with Crippen LogP contribution in [0.1, 0.15) is 50.3 Å². The number of ether oxygens (including phenoxy) is 1. The van der Waals surface area contributed by atoms with Crippen molar-refractivity contribution in [3.05, 3.63) is 28.8 Å². The van der Waals surface area contributed by atoms with E-state index in [2.05, 4.69) is 26.8 Å². The van der Waals surface area contributed by atoms with E-state index in [0.29, 0.717) is 0 Å². The van der Waals surface area contributed by atoms with E-state index in [-0.39, 0.29) is 5.41 Å². The molecule has 94 valence electrons. The lowest BCUT2D eigenvalue weighted by Crippen LogP contribution is -2.16. The standard InChI is InChI=1S/C15H22O2/c1-10-8-13(17-5)12(14(2,3)4)9-11(10)15(16)6-7-15/h8-9,16H,6-7H2,1-5H3. The van der Waals surface area contributed by atoms with Gasteiger partial charge in [-0.2, -0.15) is 0 Å². The van der Waals surface area contributed by atoms with Crippen molar-refractivity contribution in [2.24, 2.45) is 0 Å². The second kappa shape index (κ2) is 3.74. The van der Waals surface area contributed by atoms with Crippen LogP contribution in [-0.4, -0.2) is 12.2 Å². The van der Waals surface area contributed by atoms with Crippen LogP contribution in [0, 0.1) is 6.92 Å². The van der Waals surface area contributed by atoms with Gasteiger partial charge in [0.15, 0.2) is 0 Å². The Morgan fingerprint density at radius 1 is 1.24 bits per heavy atom. The van der Waals surface area contributed by atoms with Crippen LogP contribution in [0.5, 0.6) is 5.75 Å². The summed E-state index contributed by atoms with van der Waals surface area (Å²) in [6.45, 7) is 8.54. The van der Waals surface area contributed by atoms with Crippen molar-refractivity contribution >= 4 is 0 Å². The molecule has 0 aromatic heterocycles. The van der Waals surface area contributed by atoms with Crippen molar-refractivity contribution in [3.8, 4) is 5.75 Å². The third kappa shape index (κ3) is 2.19. The van der Waals surface area contributed by atoms with Crippen LogP contribution in [0.15, 0.2) is 12.1 Å². The molecule has 0 aliphatic heterocycles. The second-order valence-electron chi connectivity index (χ2n) is 6.15. The molecule has 0 amide bonds. The third-order valence-electron chi connectivity index (χ3n) is 3.58. The van der Waals surface area contributed by atoms with Crippen molar-refractivity contribution in [1.29, 1.82) is 0 Å². The maximum Gasteiger partial charge on any atom is 0.122 e. The molecule has 0 bridgehead atoms. The van der Waals surface area contributed by atoms with E-state index in [1.807, 2.05) is 13.0 Å². The van der Waals surface area contributed by atoms with Gasteiger partial charge < -0.3 is 9.84 Å². The zero-order chi connectivity index (χ0) is 12.8. The van der Waals surface area contributed by atoms with Crippen LogP contribution >= 0.6 is 0 Å². The third-order valence-corrected chi connectivity index (χ3v) is 3.58. The van der Waals surface area contributed by atoms with E-state index in [1.54, 1.807) is 7.11 Å². The highest BCUT2D eigenvalue weighted by molar-refractivity contribution is 5.48. The molecule has 1 aliphatic carbocycles. The minimum atomic E-state index is -0.573. The Morgan fingerprint density at radius 2 is 1.82 bits per heavy atom. The minimum absolute atomic E-state index is 0.0268. The number of aryl methyl sites for hydroxylation is 1. The lowest BCUT2D eigenvalue weighted by molar-refractivity contribution is 0.150. The summed E-state index contributed by atoms with van der Waals surface area (Å²) in [5, 5.41) is 10.3. The first-order chi connectivity index (χ1) is 7.78. The number of aliphatic hydroxyl groups is 1. The van der Waals surface area contributed by atoms with Gasteiger partial charge in [-0.1, -0.05) is 20.8 Å². The molecule has 1 fully saturated rings. The van der Waals surface area contributed by atoms with Crippen LogP contribution in [0.2, 0.25) is 0 Å². The smallest absolute Gasteiger partial charge is 0.122 e. The average molecular weight is 234 g/mol. The molecule has 0 radical (unpaired) electrons. The Balaban J connectivity index is 2.57. The van der Waals surface area contributed by atoms with Gasteiger partial charge in [0.05, 0.1) is 12.7 Å². The summed E-state index contributed by atoms with van der Waals surface area (Å²) in [6, 6.07) is 4.17. The first kappa shape index (κ1) is 12.4. The number of hydrogen-bond acceptors (Lipinski definition) is 2. The van der Waals surface area contributed by atoms with Crippen molar-refractivity contribution in [2.45, 2.75) is 51.6 Å². The summed E-state index contributed by atoms with van der Waals surface area (Å²) in [5.41, 5.74) is 2.81. The molecule has 2 rings (SSSR count). The summed E-state index contributed by atoms with van der Waals surface area (Å²) in [5.74, 6) is 0.919. The fraction of sp³-hybridized carbons (Fsp3) is 0.600. The van der Waals surface area contributed by atoms with E-state index in [9.17, 15) is 5.11 Å². The zero-order valence-corrected chi connectivity index (χ0v) is 11.4. The van der Waals surface area contributed by atoms with Crippen LogP contribution < -0.4 is 4.74 Å². The predicted molar refractivity (Wildman–Crippen MR) is 69.6 cm³/mol. The maximum atomic E-state index is 10.3. The fourth-order valence-corrected chi connectivity index (χ4v) is 2.33. The molecule has 1 aromatic rings. The Bertz CT molecular complexity index is 437. The molecule has 0 atom stereocenters. The molecule has 2 nitrogen and oxygen atoms in total. The lowest BCUT2D eigenvalue weighted by atomic mass is 9.83. The van der Waals surface area contributed by atoms with E-state index >= 15 is 0 Å². The molecule has 0 saturated heterocycles. The van der Waals surface area contributed by atoms with Gasteiger partial charge in [-0.25, -0.2) is 0 Å².